The smallest absolute Gasteiger partial charge is 0.263 e. The van der Waals surface area contributed by atoms with Gasteiger partial charge in [0.2, 0.25) is 0 Å². The van der Waals surface area contributed by atoms with Crippen molar-refractivity contribution in [3.8, 4) is 0 Å². The highest BCUT2D eigenvalue weighted by Gasteiger charge is 2.22. The molecule has 0 bridgehead atoms. The molecule has 1 aromatic carbocycles. The summed E-state index contributed by atoms with van der Waals surface area (Å²) in [4.78, 5) is 5.71. The van der Waals surface area contributed by atoms with E-state index in [-0.39, 0.29) is 11.5 Å². The summed E-state index contributed by atoms with van der Waals surface area (Å²) in [6, 6.07) is 4.91. The Bertz CT molecular complexity index is 760. The fraction of sp³-hybridized carbons (Fsp3) is 0.357. The van der Waals surface area contributed by atoms with Gasteiger partial charge in [-0.25, -0.2) is 13.4 Å². The number of anilines is 1. The van der Waals surface area contributed by atoms with Gasteiger partial charge in [0.15, 0.2) is 5.13 Å². The Hall–Kier alpha value is -1.44. The van der Waals surface area contributed by atoms with Gasteiger partial charge in [-0.3, -0.25) is 4.72 Å². The summed E-state index contributed by atoms with van der Waals surface area (Å²) in [5.41, 5.74) is 2.23. The first-order chi connectivity index (χ1) is 9.99. The molecule has 5 nitrogen and oxygen atoms in total. The van der Waals surface area contributed by atoms with E-state index in [2.05, 4.69) is 9.71 Å². The van der Waals surface area contributed by atoms with Crippen molar-refractivity contribution < 1.29 is 13.5 Å². The number of hydrogen-bond acceptors (Lipinski definition) is 5. The predicted octanol–water partition coefficient (Wildman–Crippen LogP) is 2.23. The van der Waals surface area contributed by atoms with Gasteiger partial charge in [-0.2, -0.15) is 0 Å². The molecule has 0 atom stereocenters. The summed E-state index contributed by atoms with van der Waals surface area (Å²) < 4.78 is 27.5. The second kappa shape index (κ2) is 5.40. The molecule has 3 rings (SSSR count). The lowest BCUT2D eigenvalue weighted by molar-refractivity contribution is 0.281. The van der Waals surface area contributed by atoms with Crippen LogP contribution in [0.2, 0.25) is 0 Å². The Kier molecular flexibility index (Phi) is 3.73. The highest BCUT2D eigenvalue weighted by Crippen LogP contribution is 2.32. The Morgan fingerprint density at radius 3 is 2.90 bits per heavy atom. The molecule has 1 aromatic heterocycles. The fourth-order valence-corrected chi connectivity index (χ4v) is 5.02. The van der Waals surface area contributed by atoms with Crippen LogP contribution in [0.5, 0.6) is 0 Å². The number of aliphatic hydroxyl groups is 1. The van der Waals surface area contributed by atoms with Crippen LogP contribution in [0.25, 0.3) is 0 Å². The van der Waals surface area contributed by atoms with Crippen LogP contribution >= 0.6 is 11.3 Å². The van der Waals surface area contributed by atoms with Gasteiger partial charge in [-0.1, -0.05) is 12.1 Å². The number of aromatic nitrogens is 1. The van der Waals surface area contributed by atoms with Gasteiger partial charge in [0.25, 0.3) is 10.0 Å². The normalized spacial score (nSPS) is 14.2. The SMILES string of the molecule is Cc1ccc(CO)cc1S(=O)(=O)Nc1nc2c(s1)CCC2. The quantitative estimate of drug-likeness (QED) is 0.904. The maximum absolute atomic E-state index is 12.5. The molecule has 2 aromatic rings. The van der Waals surface area contributed by atoms with Crippen molar-refractivity contribution in [1.82, 2.24) is 4.98 Å². The van der Waals surface area contributed by atoms with Crippen molar-refractivity contribution in [2.45, 2.75) is 37.7 Å². The molecule has 1 aliphatic rings. The second-order valence-electron chi connectivity index (χ2n) is 5.11. The third-order valence-electron chi connectivity index (χ3n) is 3.54. The van der Waals surface area contributed by atoms with E-state index in [9.17, 15) is 8.42 Å². The molecule has 0 fully saturated rings. The minimum atomic E-state index is -3.68. The van der Waals surface area contributed by atoms with Crippen LogP contribution in [-0.4, -0.2) is 18.5 Å². The van der Waals surface area contributed by atoms with Gasteiger partial charge in [0.1, 0.15) is 0 Å². The highest BCUT2D eigenvalue weighted by atomic mass is 32.2. The van der Waals surface area contributed by atoms with E-state index < -0.39 is 10.0 Å². The number of nitrogens with zero attached hydrogens (tertiary/aromatic N) is 1. The number of sulfonamides is 1. The number of rotatable bonds is 4. The van der Waals surface area contributed by atoms with Gasteiger partial charge in [-0.05, 0) is 43.4 Å². The van der Waals surface area contributed by atoms with Crippen LogP contribution in [-0.2, 0) is 29.5 Å². The zero-order valence-electron chi connectivity index (χ0n) is 11.6. The molecule has 112 valence electrons. The van der Waals surface area contributed by atoms with E-state index in [1.165, 1.54) is 22.3 Å². The van der Waals surface area contributed by atoms with E-state index >= 15 is 0 Å². The van der Waals surface area contributed by atoms with E-state index in [1.807, 2.05) is 0 Å². The maximum atomic E-state index is 12.5. The number of fused-ring (bicyclic) bond motifs is 1. The van der Waals surface area contributed by atoms with Crippen LogP contribution < -0.4 is 4.72 Å². The number of aryl methyl sites for hydroxylation is 3. The topological polar surface area (TPSA) is 79.3 Å². The maximum Gasteiger partial charge on any atom is 0.263 e. The molecular formula is C14H16N2O3S2. The Balaban J connectivity index is 1.92. The zero-order valence-corrected chi connectivity index (χ0v) is 13.2. The minimum absolute atomic E-state index is 0.185. The lowest BCUT2D eigenvalue weighted by Gasteiger charge is -2.09. The molecule has 0 radical (unpaired) electrons. The number of nitrogens with one attached hydrogen (secondary N) is 1. The van der Waals surface area contributed by atoms with Crippen LogP contribution in [0.4, 0.5) is 5.13 Å². The van der Waals surface area contributed by atoms with Crippen LogP contribution in [0.1, 0.15) is 28.1 Å². The third-order valence-corrected chi connectivity index (χ3v) is 6.22. The molecular weight excluding hydrogens is 308 g/mol. The molecule has 0 aliphatic heterocycles. The number of thiazole rings is 1. The first-order valence-electron chi connectivity index (χ1n) is 6.71. The van der Waals surface area contributed by atoms with Crippen molar-refractivity contribution in [2.24, 2.45) is 0 Å². The molecule has 0 unspecified atom stereocenters. The Morgan fingerprint density at radius 1 is 1.38 bits per heavy atom. The molecule has 0 saturated heterocycles. The monoisotopic (exact) mass is 324 g/mol. The zero-order chi connectivity index (χ0) is 15.0. The molecule has 0 spiro atoms. The van der Waals surface area contributed by atoms with Gasteiger partial charge in [-0.15, -0.1) is 11.3 Å². The van der Waals surface area contributed by atoms with E-state index in [0.717, 1.165) is 25.0 Å². The third kappa shape index (κ3) is 2.81. The predicted molar refractivity (Wildman–Crippen MR) is 82.0 cm³/mol. The average Bonchev–Trinajstić information content (AvgIpc) is 2.99. The molecule has 1 aliphatic carbocycles. The lowest BCUT2D eigenvalue weighted by atomic mass is 10.2. The molecule has 7 heteroatoms. The number of hydrogen-bond donors (Lipinski definition) is 2. The molecule has 2 N–H and O–H groups in total. The van der Waals surface area contributed by atoms with Crippen LogP contribution in [0, 0.1) is 6.92 Å². The molecule has 0 amide bonds. The fourth-order valence-electron chi connectivity index (χ4n) is 2.44. The number of benzene rings is 1. The van der Waals surface area contributed by atoms with Gasteiger partial charge in [0.05, 0.1) is 17.2 Å². The molecule has 1 heterocycles. The van der Waals surface area contributed by atoms with Crippen molar-refractivity contribution >= 4 is 26.5 Å². The van der Waals surface area contributed by atoms with Crippen molar-refractivity contribution in [1.29, 1.82) is 0 Å². The molecule has 21 heavy (non-hydrogen) atoms. The average molecular weight is 324 g/mol. The Labute approximate surface area is 127 Å². The summed E-state index contributed by atoms with van der Waals surface area (Å²) in [5.74, 6) is 0. The summed E-state index contributed by atoms with van der Waals surface area (Å²) in [6.45, 7) is 1.55. The summed E-state index contributed by atoms with van der Waals surface area (Å²) in [6.07, 6.45) is 3.00. The largest absolute Gasteiger partial charge is 0.392 e. The standard InChI is InChI=1S/C14H16N2O3S2/c1-9-5-6-10(8-17)7-13(9)21(18,19)16-14-15-11-3-2-4-12(11)20-14/h5-7,17H,2-4,8H2,1H3,(H,15,16). The van der Waals surface area contributed by atoms with Crippen molar-refractivity contribution in [2.75, 3.05) is 4.72 Å². The van der Waals surface area contributed by atoms with Gasteiger partial charge < -0.3 is 5.11 Å². The summed E-state index contributed by atoms with van der Waals surface area (Å²) in [5, 5.41) is 9.59. The van der Waals surface area contributed by atoms with E-state index in [0.29, 0.717) is 16.3 Å². The first-order valence-corrected chi connectivity index (χ1v) is 9.01. The van der Waals surface area contributed by atoms with E-state index in [1.54, 1.807) is 19.1 Å². The van der Waals surface area contributed by atoms with Crippen molar-refractivity contribution in [3.05, 3.63) is 39.9 Å². The minimum Gasteiger partial charge on any atom is -0.392 e. The highest BCUT2D eigenvalue weighted by molar-refractivity contribution is 7.93. The lowest BCUT2D eigenvalue weighted by Crippen LogP contribution is -2.14. The summed E-state index contributed by atoms with van der Waals surface area (Å²) in [7, 11) is -3.68. The van der Waals surface area contributed by atoms with E-state index in [4.69, 9.17) is 5.11 Å². The van der Waals surface area contributed by atoms with Gasteiger partial charge >= 0.3 is 0 Å². The second-order valence-corrected chi connectivity index (χ2v) is 7.84. The Morgan fingerprint density at radius 2 is 2.19 bits per heavy atom. The number of aliphatic hydroxyl groups excluding tert-OH is 1. The van der Waals surface area contributed by atoms with Gasteiger partial charge in [0, 0.05) is 4.88 Å². The first kappa shape index (κ1) is 14.5. The van der Waals surface area contributed by atoms with Crippen LogP contribution in [0.15, 0.2) is 23.1 Å². The van der Waals surface area contributed by atoms with Crippen molar-refractivity contribution in [3.63, 3.8) is 0 Å². The molecule has 0 saturated carbocycles. The van der Waals surface area contributed by atoms with Crippen LogP contribution in [0.3, 0.4) is 0 Å². The summed E-state index contributed by atoms with van der Waals surface area (Å²) >= 11 is 1.41.